The van der Waals surface area contributed by atoms with E-state index in [4.69, 9.17) is 0 Å². The molecule has 1 atom stereocenters. The average Bonchev–Trinajstić information content (AvgIpc) is 3.00. The van der Waals surface area contributed by atoms with Gasteiger partial charge in [0.15, 0.2) is 0 Å². The number of nitrogens with one attached hydrogen (secondary N) is 1. The van der Waals surface area contributed by atoms with Gasteiger partial charge in [0.05, 0.1) is 0 Å². The first-order chi connectivity index (χ1) is 9.88. The van der Waals surface area contributed by atoms with Crippen molar-refractivity contribution in [2.24, 2.45) is 0 Å². The first-order valence-electron chi connectivity index (χ1n) is 7.62. The summed E-state index contributed by atoms with van der Waals surface area (Å²) in [5.41, 5.74) is 1.46. The molecule has 0 spiro atoms. The first-order valence-corrected chi connectivity index (χ1v) is 8.50. The van der Waals surface area contributed by atoms with Crippen LogP contribution in [-0.2, 0) is 12.8 Å². The fourth-order valence-corrected chi connectivity index (χ4v) is 3.36. The maximum absolute atomic E-state index is 3.47. The van der Waals surface area contributed by atoms with E-state index in [-0.39, 0.29) is 0 Å². The van der Waals surface area contributed by atoms with Gasteiger partial charge >= 0.3 is 0 Å². The molecule has 0 aliphatic heterocycles. The summed E-state index contributed by atoms with van der Waals surface area (Å²) in [6.45, 7) is 0. The third-order valence-electron chi connectivity index (χ3n) is 3.82. The van der Waals surface area contributed by atoms with Gasteiger partial charge in [-0.3, -0.25) is 0 Å². The summed E-state index contributed by atoms with van der Waals surface area (Å²) >= 11 is 1.88. The highest BCUT2D eigenvalue weighted by Gasteiger charge is 2.06. The summed E-state index contributed by atoms with van der Waals surface area (Å²) in [4.78, 5) is 1.52. The Labute approximate surface area is 127 Å². The topological polar surface area (TPSA) is 12.0 Å². The molecule has 0 aliphatic rings. The Bertz CT molecular complexity index is 450. The third kappa shape index (κ3) is 5.48. The Morgan fingerprint density at radius 1 is 0.950 bits per heavy atom. The van der Waals surface area contributed by atoms with Gasteiger partial charge in [-0.15, -0.1) is 11.3 Å². The van der Waals surface area contributed by atoms with Crippen molar-refractivity contribution in [3.63, 3.8) is 0 Å². The SMILES string of the molecule is CNC(CCCc1ccccc1)CCCc1cccs1. The van der Waals surface area contributed by atoms with Gasteiger partial charge in [-0.1, -0.05) is 36.4 Å². The Morgan fingerprint density at radius 3 is 2.35 bits per heavy atom. The van der Waals surface area contributed by atoms with Gasteiger partial charge in [0.25, 0.3) is 0 Å². The molecule has 0 radical (unpaired) electrons. The molecule has 1 nitrogen and oxygen atoms in total. The molecule has 0 amide bonds. The first kappa shape index (κ1) is 15.3. The van der Waals surface area contributed by atoms with Crippen LogP contribution >= 0.6 is 11.3 Å². The minimum Gasteiger partial charge on any atom is -0.317 e. The normalized spacial score (nSPS) is 12.4. The number of rotatable bonds is 9. The molecule has 1 N–H and O–H groups in total. The lowest BCUT2D eigenvalue weighted by atomic mass is 10.0. The minimum atomic E-state index is 0.665. The lowest BCUT2D eigenvalue weighted by molar-refractivity contribution is 0.462. The van der Waals surface area contributed by atoms with E-state index < -0.39 is 0 Å². The van der Waals surface area contributed by atoms with Gasteiger partial charge in [0.1, 0.15) is 0 Å². The van der Waals surface area contributed by atoms with E-state index in [1.165, 1.54) is 49.0 Å². The smallest absolute Gasteiger partial charge is 0.00642 e. The Kier molecular flexibility index (Phi) is 6.82. The maximum Gasteiger partial charge on any atom is 0.00642 e. The van der Waals surface area contributed by atoms with E-state index in [2.05, 4.69) is 60.2 Å². The molecule has 0 bridgehead atoms. The van der Waals surface area contributed by atoms with Crippen molar-refractivity contribution in [1.29, 1.82) is 0 Å². The lowest BCUT2D eigenvalue weighted by Gasteiger charge is -2.15. The zero-order chi connectivity index (χ0) is 14.0. The van der Waals surface area contributed by atoms with Crippen LogP contribution in [0.1, 0.15) is 36.1 Å². The highest BCUT2D eigenvalue weighted by molar-refractivity contribution is 7.09. The third-order valence-corrected chi connectivity index (χ3v) is 4.76. The molecular formula is C18H25NS. The number of aryl methyl sites for hydroxylation is 2. The Balaban J connectivity index is 1.62. The molecule has 0 saturated heterocycles. The molecule has 2 aromatic rings. The van der Waals surface area contributed by atoms with Crippen molar-refractivity contribution in [2.75, 3.05) is 7.05 Å². The number of benzene rings is 1. The molecule has 20 heavy (non-hydrogen) atoms. The van der Waals surface area contributed by atoms with Crippen LogP contribution in [0.4, 0.5) is 0 Å². The van der Waals surface area contributed by atoms with Gasteiger partial charge in [-0.2, -0.15) is 0 Å². The molecule has 1 heterocycles. The van der Waals surface area contributed by atoms with Crippen molar-refractivity contribution in [3.05, 3.63) is 58.3 Å². The van der Waals surface area contributed by atoms with E-state index in [1.807, 2.05) is 11.3 Å². The monoisotopic (exact) mass is 287 g/mol. The molecular weight excluding hydrogens is 262 g/mol. The Hall–Kier alpha value is -1.12. The maximum atomic E-state index is 3.47. The zero-order valence-electron chi connectivity index (χ0n) is 12.3. The predicted octanol–water partition coefficient (Wildman–Crippen LogP) is 4.68. The van der Waals surface area contributed by atoms with Crippen molar-refractivity contribution in [3.8, 4) is 0 Å². The molecule has 1 aromatic carbocycles. The summed E-state index contributed by atoms with van der Waals surface area (Å²) in [5, 5.41) is 5.64. The van der Waals surface area contributed by atoms with Crippen LogP contribution < -0.4 is 5.32 Å². The second-order valence-corrected chi connectivity index (χ2v) is 6.37. The second-order valence-electron chi connectivity index (χ2n) is 5.34. The lowest BCUT2D eigenvalue weighted by Crippen LogP contribution is -2.25. The highest BCUT2D eigenvalue weighted by atomic mass is 32.1. The zero-order valence-corrected chi connectivity index (χ0v) is 13.2. The molecule has 2 rings (SSSR count). The summed E-state index contributed by atoms with van der Waals surface area (Å²) in [6.07, 6.45) is 7.55. The second kappa shape index (κ2) is 8.93. The van der Waals surface area contributed by atoms with Gasteiger partial charge < -0.3 is 5.32 Å². The average molecular weight is 287 g/mol. The van der Waals surface area contributed by atoms with Crippen LogP contribution in [0.2, 0.25) is 0 Å². The standard InChI is InChI=1S/C18H25NS/c1-19-17(12-6-13-18-14-7-15-20-18)11-5-10-16-8-3-2-4-9-16/h2-4,7-9,14-15,17,19H,5-6,10-13H2,1H3. The number of hydrogen-bond acceptors (Lipinski definition) is 2. The van der Waals surface area contributed by atoms with Crippen LogP contribution in [0.3, 0.4) is 0 Å². The van der Waals surface area contributed by atoms with Crippen LogP contribution in [0.25, 0.3) is 0 Å². The summed E-state index contributed by atoms with van der Waals surface area (Å²) in [6, 6.07) is 15.9. The molecule has 0 aliphatic carbocycles. The van der Waals surface area contributed by atoms with Gasteiger partial charge in [-0.05, 0) is 62.6 Å². The van der Waals surface area contributed by atoms with Crippen molar-refractivity contribution in [1.82, 2.24) is 5.32 Å². The van der Waals surface area contributed by atoms with Crippen LogP contribution in [0.5, 0.6) is 0 Å². The summed E-state index contributed by atoms with van der Waals surface area (Å²) in [7, 11) is 2.10. The van der Waals surface area contributed by atoms with Crippen LogP contribution in [-0.4, -0.2) is 13.1 Å². The number of thiophene rings is 1. The quantitative estimate of drug-likeness (QED) is 0.706. The van der Waals surface area contributed by atoms with Gasteiger partial charge in [0, 0.05) is 10.9 Å². The fraction of sp³-hybridized carbons (Fsp3) is 0.444. The van der Waals surface area contributed by atoms with Crippen molar-refractivity contribution in [2.45, 2.75) is 44.6 Å². The highest BCUT2D eigenvalue weighted by Crippen LogP contribution is 2.15. The Morgan fingerprint density at radius 2 is 1.70 bits per heavy atom. The van der Waals surface area contributed by atoms with E-state index in [1.54, 1.807) is 0 Å². The minimum absolute atomic E-state index is 0.665. The largest absolute Gasteiger partial charge is 0.317 e. The predicted molar refractivity (Wildman–Crippen MR) is 89.5 cm³/mol. The molecule has 2 heteroatoms. The summed E-state index contributed by atoms with van der Waals surface area (Å²) in [5.74, 6) is 0. The van der Waals surface area contributed by atoms with Crippen molar-refractivity contribution < 1.29 is 0 Å². The number of hydrogen-bond donors (Lipinski definition) is 1. The molecule has 0 fully saturated rings. The summed E-state index contributed by atoms with van der Waals surface area (Å²) < 4.78 is 0. The van der Waals surface area contributed by atoms with Gasteiger partial charge in [0.2, 0.25) is 0 Å². The molecule has 1 aromatic heterocycles. The van der Waals surface area contributed by atoms with Crippen molar-refractivity contribution >= 4 is 11.3 Å². The van der Waals surface area contributed by atoms with E-state index >= 15 is 0 Å². The van der Waals surface area contributed by atoms with E-state index in [0.29, 0.717) is 6.04 Å². The van der Waals surface area contributed by atoms with Gasteiger partial charge in [-0.25, -0.2) is 0 Å². The molecule has 0 saturated carbocycles. The van der Waals surface area contributed by atoms with E-state index in [0.717, 1.165) is 0 Å². The molecule has 108 valence electrons. The van der Waals surface area contributed by atoms with E-state index in [9.17, 15) is 0 Å². The van der Waals surface area contributed by atoms with Crippen LogP contribution in [0, 0.1) is 0 Å². The molecule has 1 unspecified atom stereocenters. The van der Waals surface area contributed by atoms with Crippen LogP contribution in [0.15, 0.2) is 47.8 Å². The fourth-order valence-electron chi connectivity index (χ4n) is 2.61.